The van der Waals surface area contributed by atoms with E-state index in [1.807, 2.05) is 0 Å². The van der Waals surface area contributed by atoms with E-state index in [1.54, 1.807) is 0 Å². The maximum absolute atomic E-state index is 13.1. The van der Waals surface area contributed by atoms with Crippen LogP contribution in [-0.4, -0.2) is 96.7 Å². The van der Waals surface area contributed by atoms with Crippen molar-refractivity contribution in [3.63, 3.8) is 0 Å². The lowest BCUT2D eigenvalue weighted by Gasteiger charge is -2.21. The van der Waals surface area contributed by atoms with Crippen molar-refractivity contribution in [1.29, 1.82) is 0 Å². The zero-order valence-corrected chi connectivity index (χ0v) is 67.3. The second kappa shape index (κ2) is 72.6. The van der Waals surface area contributed by atoms with Crippen LogP contribution in [0.25, 0.3) is 0 Å². The number of phosphoric ester groups is 2. The summed E-state index contributed by atoms with van der Waals surface area (Å²) in [5.74, 6) is -0.525. The van der Waals surface area contributed by atoms with Crippen LogP contribution < -0.4 is 0 Å². The van der Waals surface area contributed by atoms with Gasteiger partial charge in [-0.25, -0.2) is 9.13 Å². The quantitative estimate of drug-likeness (QED) is 0.0222. The summed E-state index contributed by atoms with van der Waals surface area (Å²) in [7, 11) is -9.92. The first-order valence-electron chi connectivity index (χ1n) is 42.0. The summed E-state index contributed by atoms with van der Waals surface area (Å²) in [5, 5.41) is 10.6. The van der Waals surface area contributed by atoms with Gasteiger partial charge in [-0.3, -0.25) is 37.3 Å². The molecule has 100 heavy (non-hydrogen) atoms. The number of ether oxygens (including phenoxy) is 4. The van der Waals surface area contributed by atoms with E-state index in [0.717, 1.165) is 102 Å². The van der Waals surface area contributed by atoms with Crippen LogP contribution >= 0.6 is 15.6 Å². The third-order valence-corrected chi connectivity index (χ3v) is 21.2. The van der Waals surface area contributed by atoms with E-state index in [-0.39, 0.29) is 25.7 Å². The minimum atomic E-state index is -4.96. The average molecular weight is 1470 g/mol. The molecule has 0 aliphatic heterocycles. The Kier molecular flexibility index (Phi) is 71.2. The molecule has 0 radical (unpaired) electrons. The van der Waals surface area contributed by atoms with Gasteiger partial charge in [-0.2, -0.15) is 0 Å². The zero-order chi connectivity index (χ0) is 73.5. The molecule has 0 heterocycles. The van der Waals surface area contributed by atoms with Crippen LogP contribution in [0.2, 0.25) is 0 Å². The number of hydrogen-bond donors (Lipinski definition) is 3. The van der Waals surface area contributed by atoms with Crippen LogP contribution in [0.4, 0.5) is 0 Å². The van der Waals surface area contributed by atoms with Crippen LogP contribution in [-0.2, 0) is 65.4 Å². The highest BCUT2D eigenvalue weighted by molar-refractivity contribution is 7.47. The first-order chi connectivity index (χ1) is 48.4. The highest BCUT2D eigenvalue weighted by atomic mass is 31.2. The summed E-state index contributed by atoms with van der Waals surface area (Å²) in [6.45, 7) is 9.66. The Morgan fingerprint density at radius 3 is 0.760 bits per heavy atom. The van der Waals surface area contributed by atoms with E-state index in [1.165, 1.54) is 244 Å². The molecule has 0 aliphatic carbocycles. The summed E-state index contributed by atoms with van der Waals surface area (Å²) >= 11 is 0. The summed E-state index contributed by atoms with van der Waals surface area (Å²) in [6, 6.07) is 0. The topological polar surface area (TPSA) is 237 Å². The maximum atomic E-state index is 13.1. The van der Waals surface area contributed by atoms with Gasteiger partial charge in [0.1, 0.15) is 19.3 Å². The Labute approximate surface area is 613 Å². The van der Waals surface area contributed by atoms with Gasteiger partial charge in [-0.05, 0) is 37.5 Å². The van der Waals surface area contributed by atoms with Crippen molar-refractivity contribution in [2.75, 3.05) is 39.6 Å². The SMILES string of the molecule is CCCCCCCCCCCCCCCCCCCCCCCC(=O)O[C@H](COC(=O)CCCCCCCCCCCCCCC(C)C)COP(=O)(O)OC[C@@H](O)COP(=O)(O)OC[C@@H](COC(=O)CCCCCCCCCCCC)OC(=O)CCCCCCCCCCCCC(C)CC. The number of aliphatic hydroxyl groups is 1. The summed E-state index contributed by atoms with van der Waals surface area (Å²) < 4.78 is 68.7. The highest BCUT2D eigenvalue weighted by Crippen LogP contribution is 2.45. The fraction of sp³-hybridized carbons (Fsp3) is 0.951. The predicted molar refractivity (Wildman–Crippen MR) is 409 cm³/mol. The number of phosphoric acid groups is 2. The van der Waals surface area contributed by atoms with Crippen LogP contribution in [0.15, 0.2) is 0 Å². The smallest absolute Gasteiger partial charge is 0.462 e. The largest absolute Gasteiger partial charge is 0.472 e. The zero-order valence-electron chi connectivity index (χ0n) is 65.5. The van der Waals surface area contributed by atoms with Crippen LogP contribution in [0.3, 0.4) is 0 Å². The molecule has 0 amide bonds. The molecular formula is C81H158O17P2. The van der Waals surface area contributed by atoms with Crippen LogP contribution in [0.1, 0.15) is 427 Å². The first-order valence-corrected chi connectivity index (χ1v) is 45.0. The lowest BCUT2D eigenvalue weighted by Crippen LogP contribution is -2.30. The molecule has 0 bridgehead atoms. The van der Waals surface area contributed by atoms with E-state index < -0.39 is 97.5 Å². The number of esters is 4. The number of carbonyl (C=O) groups is 4. The molecule has 0 spiro atoms. The van der Waals surface area contributed by atoms with Crippen LogP contribution in [0.5, 0.6) is 0 Å². The van der Waals surface area contributed by atoms with Crippen molar-refractivity contribution in [1.82, 2.24) is 0 Å². The monoisotopic (exact) mass is 1470 g/mol. The van der Waals surface area contributed by atoms with E-state index in [4.69, 9.17) is 37.0 Å². The van der Waals surface area contributed by atoms with Crippen molar-refractivity contribution < 1.29 is 80.2 Å². The Morgan fingerprint density at radius 2 is 0.510 bits per heavy atom. The Morgan fingerprint density at radius 1 is 0.290 bits per heavy atom. The lowest BCUT2D eigenvalue weighted by molar-refractivity contribution is -0.161. The van der Waals surface area contributed by atoms with Crippen molar-refractivity contribution in [2.45, 2.75) is 445 Å². The van der Waals surface area contributed by atoms with Gasteiger partial charge in [0, 0.05) is 25.7 Å². The molecule has 0 saturated heterocycles. The molecule has 0 aromatic carbocycles. The van der Waals surface area contributed by atoms with E-state index in [0.29, 0.717) is 25.7 Å². The standard InChI is InChI=1S/C81H158O17P2/c1-7-10-12-14-16-18-20-21-22-23-24-25-26-27-28-29-34-41-47-53-59-65-80(85)97-77(70-92-79(84)64-58-52-46-40-33-31-30-32-37-43-49-55-61-73(4)5)72-96-100(89,90)94-68-75(82)67-93-99(87,88)95-71-76(69-91-78(83)63-57-51-45-39-19-17-15-13-11-8-2)98-81(86)66-60-54-48-42-36-35-38-44-50-56-62-74(6)9-3/h73-77,82H,7-72H2,1-6H3,(H,87,88)(H,89,90)/t74?,75-,76+,77+/m0/s1. The minimum absolute atomic E-state index is 0.107. The molecule has 19 heteroatoms. The predicted octanol–water partition coefficient (Wildman–Crippen LogP) is 24.3. The fourth-order valence-electron chi connectivity index (χ4n) is 12.5. The second-order valence-corrected chi connectivity index (χ2v) is 32.8. The van der Waals surface area contributed by atoms with Gasteiger partial charge in [0.05, 0.1) is 26.4 Å². The molecule has 0 aromatic heterocycles. The number of hydrogen-bond acceptors (Lipinski definition) is 15. The number of rotatable bonds is 80. The number of carbonyl (C=O) groups excluding carboxylic acids is 4. The molecule has 17 nitrogen and oxygen atoms in total. The average Bonchev–Trinajstić information content (AvgIpc) is 0.923. The van der Waals surface area contributed by atoms with E-state index in [2.05, 4.69) is 41.5 Å². The molecule has 0 saturated carbocycles. The second-order valence-electron chi connectivity index (χ2n) is 29.9. The molecule has 0 rings (SSSR count). The van der Waals surface area contributed by atoms with Gasteiger partial charge < -0.3 is 33.8 Å². The third kappa shape index (κ3) is 73.0. The van der Waals surface area contributed by atoms with Gasteiger partial charge >= 0.3 is 39.5 Å². The van der Waals surface area contributed by atoms with E-state index >= 15 is 0 Å². The molecule has 0 fully saturated rings. The lowest BCUT2D eigenvalue weighted by atomic mass is 9.99. The highest BCUT2D eigenvalue weighted by Gasteiger charge is 2.30. The van der Waals surface area contributed by atoms with Crippen molar-refractivity contribution in [3.8, 4) is 0 Å². The Bertz CT molecular complexity index is 1930. The van der Waals surface area contributed by atoms with Gasteiger partial charge in [-0.1, -0.05) is 375 Å². The minimum Gasteiger partial charge on any atom is -0.462 e. The van der Waals surface area contributed by atoms with Crippen LogP contribution in [0, 0.1) is 11.8 Å². The molecule has 6 atom stereocenters. The number of unbranched alkanes of at least 4 members (excludes halogenated alkanes) is 49. The van der Waals surface area contributed by atoms with Gasteiger partial charge in [0.2, 0.25) is 0 Å². The van der Waals surface area contributed by atoms with Gasteiger partial charge in [0.25, 0.3) is 0 Å². The Balaban J connectivity index is 5.22. The normalized spacial score (nSPS) is 14.2. The molecule has 3 unspecified atom stereocenters. The Hall–Kier alpha value is -1.94. The molecule has 0 aromatic rings. The van der Waals surface area contributed by atoms with Crippen molar-refractivity contribution in [3.05, 3.63) is 0 Å². The fourth-order valence-corrected chi connectivity index (χ4v) is 14.1. The van der Waals surface area contributed by atoms with Gasteiger partial charge in [-0.15, -0.1) is 0 Å². The van der Waals surface area contributed by atoms with E-state index in [9.17, 15) is 43.2 Å². The molecular weight excluding hydrogens is 1310 g/mol. The maximum Gasteiger partial charge on any atom is 0.472 e. The summed E-state index contributed by atoms with van der Waals surface area (Å²) in [4.78, 5) is 73.0. The van der Waals surface area contributed by atoms with Crippen molar-refractivity contribution in [2.24, 2.45) is 11.8 Å². The summed E-state index contributed by atoms with van der Waals surface area (Å²) in [5.41, 5.74) is 0. The molecule has 594 valence electrons. The van der Waals surface area contributed by atoms with Gasteiger partial charge in [0.15, 0.2) is 12.2 Å². The third-order valence-electron chi connectivity index (χ3n) is 19.3. The number of aliphatic hydroxyl groups excluding tert-OH is 1. The molecule has 0 aliphatic rings. The van der Waals surface area contributed by atoms with Crippen molar-refractivity contribution >= 4 is 39.5 Å². The first kappa shape index (κ1) is 98.1. The molecule has 3 N–H and O–H groups in total. The summed E-state index contributed by atoms with van der Waals surface area (Å²) in [6.07, 6.45) is 62.4.